The highest BCUT2D eigenvalue weighted by molar-refractivity contribution is 8.15. The number of hydrogen-bond donors (Lipinski definition) is 0. The van der Waals surface area contributed by atoms with Gasteiger partial charge in [-0.05, 0) is 32.3 Å². The lowest BCUT2D eigenvalue weighted by Gasteiger charge is -2.33. The van der Waals surface area contributed by atoms with Crippen LogP contribution < -0.4 is 0 Å². The van der Waals surface area contributed by atoms with Gasteiger partial charge < -0.3 is 4.74 Å². The van der Waals surface area contributed by atoms with E-state index >= 15 is 0 Å². The zero-order valence-electron chi connectivity index (χ0n) is 15.8. The normalized spacial score (nSPS) is 22.6. The Morgan fingerprint density at radius 3 is 2.54 bits per heavy atom. The fraction of sp³-hybridized carbons (Fsp3) is 0.450. The van der Waals surface area contributed by atoms with Crippen LogP contribution in [-0.2, 0) is 14.3 Å². The van der Waals surface area contributed by atoms with E-state index in [0.717, 1.165) is 11.1 Å². The lowest BCUT2D eigenvalue weighted by atomic mass is 9.93. The molecule has 138 valence electrons. The summed E-state index contributed by atoms with van der Waals surface area (Å²) in [7, 11) is 0. The number of carbonyl (C=O) groups is 2. The number of hydrogen-bond acceptors (Lipinski definition) is 5. The number of nitrogens with zero attached hydrogens (tertiary/aromatic N) is 2. The van der Waals surface area contributed by atoms with Crippen LogP contribution in [0.4, 0.5) is 0 Å². The SMILES string of the molecule is CC1=C(C(=O)OCC(C)C)[C@H](c2ccc(C)cc2)N2C(=O)[C@@H](C)SC2=N1. The van der Waals surface area contributed by atoms with Gasteiger partial charge in [0.15, 0.2) is 5.17 Å². The minimum atomic E-state index is -0.493. The van der Waals surface area contributed by atoms with E-state index in [1.807, 2.05) is 58.9 Å². The second kappa shape index (κ2) is 7.27. The van der Waals surface area contributed by atoms with Crippen LogP contribution in [0.3, 0.4) is 0 Å². The number of ether oxygens (including phenoxy) is 1. The highest BCUT2D eigenvalue weighted by atomic mass is 32.2. The Hall–Kier alpha value is -2.08. The summed E-state index contributed by atoms with van der Waals surface area (Å²) in [6.45, 7) is 10.0. The molecule has 3 rings (SSSR count). The molecule has 1 fully saturated rings. The number of allylic oxidation sites excluding steroid dienone is 1. The largest absolute Gasteiger partial charge is 0.462 e. The molecule has 2 atom stereocenters. The molecule has 1 saturated heterocycles. The van der Waals surface area contributed by atoms with E-state index in [4.69, 9.17) is 4.74 Å². The third kappa shape index (κ3) is 3.43. The van der Waals surface area contributed by atoms with Crippen molar-refractivity contribution in [2.45, 2.75) is 45.9 Å². The van der Waals surface area contributed by atoms with Crippen molar-refractivity contribution in [3.8, 4) is 0 Å². The van der Waals surface area contributed by atoms with E-state index in [1.54, 1.807) is 4.90 Å². The van der Waals surface area contributed by atoms with Crippen LogP contribution in [0.1, 0.15) is 44.9 Å². The molecule has 0 N–H and O–H groups in total. The predicted molar refractivity (Wildman–Crippen MR) is 104 cm³/mol. The van der Waals surface area contributed by atoms with Gasteiger partial charge in [0.25, 0.3) is 0 Å². The highest BCUT2D eigenvalue weighted by Crippen LogP contribution is 2.43. The first kappa shape index (κ1) is 18.7. The minimum Gasteiger partial charge on any atom is -0.462 e. The third-order valence-corrected chi connectivity index (χ3v) is 5.47. The first-order valence-electron chi connectivity index (χ1n) is 8.82. The van der Waals surface area contributed by atoms with Crippen molar-refractivity contribution in [2.75, 3.05) is 6.61 Å². The van der Waals surface area contributed by atoms with Crippen LogP contribution in [0.25, 0.3) is 0 Å². The van der Waals surface area contributed by atoms with Gasteiger partial charge in [0.05, 0.1) is 29.2 Å². The Bertz CT molecular complexity index is 796. The number of rotatable bonds is 4. The molecule has 2 aliphatic rings. The number of amides is 1. The number of aliphatic imine (C=N–C) groups is 1. The van der Waals surface area contributed by atoms with Gasteiger partial charge in [-0.1, -0.05) is 55.4 Å². The zero-order valence-corrected chi connectivity index (χ0v) is 16.6. The van der Waals surface area contributed by atoms with E-state index in [2.05, 4.69) is 4.99 Å². The molecule has 0 radical (unpaired) electrons. The molecule has 6 heteroatoms. The average Bonchev–Trinajstić information content (AvgIpc) is 2.86. The molecule has 5 nitrogen and oxygen atoms in total. The maximum Gasteiger partial charge on any atom is 0.338 e. The molecular weight excluding hydrogens is 348 g/mol. The summed E-state index contributed by atoms with van der Waals surface area (Å²) in [6.07, 6.45) is 0. The molecule has 1 amide bonds. The fourth-order valence-electron chi connectivity index (χ4n) is 3.05. The van der Waals surface area contributed by atoms with Crippen LogP contribution >= 0.6 is 11.8 Å². The van der Waals surface area contributed by atoms with Crippen LogP contribution in [0.15, 0.2) is 40.5 Å². The monoisotopic (exact) mass is 372 g/mol. The molecule has 1 aromatic rings. The molecule has 1 aromatic carbocycles. The van der Waals surface area contributed by atoms with Crippen LogP contribution in [0.2, 0.25) is 0 Å². The van der Waals surface area contributed by atoms with E-state index in [9.17, 15) is 9.59 Å². The number of esters is 1. The number of carbonyl (C=O) groups excluding carboxylic acids is 2. The Balaban J connectivity index is 2.06. The van der Waals surface area contributed by atoms with Crippen molar-refractivity contribution in [1.29, 1.82) is 0 Å². The number of fused-ring (bicyclic) bond motifs is 1. The van der Waals surface area contributed by atoms with E-state index in [-0.39, 0.29) is 17.1 Å². The Morgan fingerprint density at radius 1 is 1.27 bits per heavy atom. The van der Waals surface area contributed by atoms with Gasteiger partial charge >= 0.3 is 5.97 Å². The summed E-state index contributed by atoms with van der Waals surface area (Å²) in [6, 6.07) is 7.42. The van der Waals surface area contributed by atoms with Crippen molar-refractivity contribution >= 4 is 28.8 Å². The van der Waals surface area contributed by atoms with Gasteiger partial charge in [-0.2, -0.15) is 0 Å². The summed E-state index contributed by atoms with van der Waals surface area (Å²) in [5.41, 5.74) is 3.08. The minimum absolute atomic E-state index is 0.0269. The van der Waals surface area contributed by atoms with Crippen molar-refractivity contribution in [1.82, 2.24) is 4.90 Å². The molecule has 0 unspecified atom stereocenters. The molecular formula is C20H24N2O3S. The predicted octanol–water partition coefficient (Wildman–Crippen LogP) is 3.84. The molecule has 0 bridgehead atoms. The molecule has 0 saturated carbocycles. The number of amidine groups is 1. The van der Waals surface area contributed by atoms with E-state index < -0.39 is 12.0 Å². The lowest BCUT2D eigenvalue weighted by molar-refractivity contribution is -0.141. The summed E-state index contributed by atoms with van der Waals surface area (Å²) in [5, 5.41) is 0.450. The Labute approximate surface area is 158 Å². The second-order valence-corrected chi connectivity index (χ2v) is 8.48. The zero-order chi connectivity index (χ0) is 19.0. The number of benzene rings is 1. The molecule has 2 heterocycles. The Morgan fingerprint density at radius 2 is 1.92 bits per heavy atom. The lowest BCUT2D eigenvalue weighted by Crippen LogP contribution is -2.40. The summed E-state index contributed by atoms with van der Waals surface area (Å²) >= 11 is 1.43. The topological polar surface area (TPSA) is 59.0 Å². The molecule has 0 aliphatic carbocycles. The quantitative estimate of drug-likeness (QED) is 0.754. The van der Waals surface area contributed by atoms with Crippen LogP contribution in [0, 0.1) is 12.8 Å². The van der Waals surface area contributed by atoms with Gasteiger partial charge in [-0.3, -0.25) is 9.69 Å². The first-order valence-corrected chi connectivity index (χ1v) is 9.70. The van der Waals surface area contributed by atoms with Gasteiger partial charge in [-0.25, -0.2) is 9.79 Å². The van der Waals surface area contributed by atoms with Crippen molar-refractivity contribution < 1.29 is 14.3 Å². The fourth-order valence-corrected chi connectivity index (χ4v) is 4.08. The van der Waals surface area contributed by atoms with Gasteiger partial charge in [-0.15, -0.1) is 0 Å². The van der Waals surface area contributed by atoms with Crippen molar-refractivity contribution in [3.63, 3.8) is 0 Å². The second-order valence-electron chi connectivity index (χ2n) is 7.17. The maximum absolute atomic E-state index is 12.8. The van der Waals surface area contributed by atoms with Gasteiger partial charge in [0.1, 0.15) is 0 Å². The van der Waals surface area contributed by atoms with Gasteiger partial charge in [0.2, 0.25) is 5.91 Å². The summed E-state index contributed by atoms with van der Waals surface area (Å²) < 4.78 is 5.49. The standard InChI is InChI=1S/C20H24N2O3S/c1-11(2)10-25-19(24)16-13(4)21-20-22(18(23)14(5)26-20)17(16)15-8-6-12(3)7-9-15/h6-9,11,14,17H,10H2,1-5H3/t14-,17+/m1/s1. The molecule has 0 spiro atoms. The van der Waals surface area contributed by atoms with Crippen LogP contribution in [-0.4, -0.2) is 33.8 Å². The molecule has 2 aliphatic heterocycles. The van der Waals surface area contributed by atoms with Crippen LogP contribution in [0.5, 0.6) is 0 Å². The summed E-state index contributed by atoms with van der Waals surface area (Å²) in [4.78, 5) is 31.8. The van der Waals surface area contributed by atoms with E-state index in [1.165, 1.54) is 11.8 Å². The summed E-state index contributed by atoms with van der Waals surface area (Å²) in [5.74, 6) is -0.188. The molecule has 0 aromatic heterocycles. The highest BCUT2D eigenvalue weighted by Gasteiger charge is 2.46. The van der Waals surface area contributed by atoms with E-state index in [0.29, 0.717) is 23.0 Å². The molecule has 26 heavy (non-hydrogen) atoms. The number of thioether (sulfide) groups is 1. The van der Waals surface area contributed by atoms with Gasteiger partial charge in [0, 0.05) is 0 Å². The number of aryl methyl sites for hydroxylation is 1. The van der Waals surface area contributed by atoms with Crippen molar-refractivity contribution in [2.24, 2.45) is 10.9 Å². The average molecular weight is 372 g/mol. The third-order valence-electron chi connectivity index (χ3n) is 4.42. The Kier molecular flexibility index (Phi) is 5.23. The first-order chi connectivity index (χ1) is 12.3. The van der Waals surface area contributed by atoms with Crippen molar-refractivity contribution in [3.05, 3.63) is 46.7 Å². The maximum atomic E-state index is 12.8. The smallest absolute Gasteiger partial charge is 0.338 e.